The quantitative estimate of drug-likeness (QED) is 0.754. The van der Waals surface area contributed by atoms with Crippen LogP contribution in [0.25, 0.3) is 0 Å². The number of rotatable bonds is 2. The highest BCUT2D eigenvalue weighted by molar-refractivity contribution is 5.38. The maximum Gasteiger partial charge on any atom is 0.0940 e. The van der Waals surface area contributed by atoms with Gasteiger partial charge in [-0.25, -0.2) is 0 Å². The van der Waals surface area contributed by atoms with Crippen LogP contribution in [0.4, 0.5) is 0 Å². The minimum atomic E-state index is -0.561. The van der Waals surface area contributed by atoms with E-state index in [1.807, 2.05) is 26.8 Å². The molecule has 0 amide bonds. The van der Waals surface area contributed by atoms with Gasteiger partial charge in [0.25, 0.3) is 0 Å². The molecule has 2 atom stereocenters. The third kappa shape index (κ3) is 2.14. The number of benzene rings is 1. The van der Waals surface area contributed by atoms with Crippen LogP contribution in [0.5, 0.6) is 0 Å². The van der Waals surface area contributed by atoms with E-state index in [1.54, 1.807) is 0 Å². The van der Waals surface area contributed by atoms with Crippen LogP contribution in [0.2, 0.25) is 0 Å². The van der Waals surface area contributed by atoms with Gasteiger partial charge in [-0.2, -0.15) is 0 Å². The average Bonchev–Trinajstić information content (AvgIpc) is 2.10. The van der Waals surface area contributed by atoms with E-state index < -0.39 is 6.10 Å². The van der Waals surface area contributed by atoms with Crippen molar-refractivity contribution in [1.82, 2.24) is 0 Å². The average molecular weight is 193 g/mol. The molecule has 3 N–H and O–H groups in total. The van der Waals surface area contributed by atoms with Gasteiger partial charge < -0.3 is 10.8 Å². The molecule has 0 fully saturated rings. The fraction of sp³-hybridized carbons (Fsp3) is 0.500. The number of hydrogen-bond acceptors (Lipinski definition) is 2. The first-order chi connectivity index (χ1) is 6.43. The molecule has 2 heteroatoms. The summed E-state index contributed by atoms with van der Waals surface area (Å²) in [5, 5.41) is 9.87. The molecule has 1 aromatic carbocycles. The highest BCUT2D eigenvalue weighted by atomic mass is 16.3. The maximum absolute atomic E-state index is 9.87. The number of aliphatic hydroxyl groups is 1. The van der Waals surface area contributed by atoms with E-state index in [1.165, 1.54) is 11.1 Å². The number of hydrogen-bond donors (Lipinski definition) is 2. The van der Waals surface area contributed by atoms with Gasteiger partial charge in [0.05, 0.1) is 6.10 Å². The van der Waals surface area contributed by atoms with Gasteiger partial charge >= 0.3 is 0 Å². The van der Waals surface area contributed by atoms with Crippen molar-refractivity contribution in [3.8, 4) is 0 Å². The van der Waals surface area contributed by atoms with Gasteiger partial charge in [0, 0.05) is 6.04 Å². The fourth-order valence-corrected chi connectivity index (χ4v) is 1.58. The van der Waals surface area contributed by atoms with Crippen molar-refractivity contribution < 1.29 is 5.11 Å². The highest BCUT2D eigenvalue weighted by Gasteiger charge is 2.15. The molecule has 0 spiro atoms. The Hall–Kier alpha value is -0.860. The first-order valence-electron chi connectivity index (χ1n) is 4.95. The second-order valence-corrected chi connectivity index (χ2v) is 4.10. The minimum absolute atomic E-state index is 0.226. The molecule has 0 bridgehead atoms. The fourth-order valence-electron chi connectivity index (χ4n) is 1.58. The Morgan fingerprint density at radius 3 is 2.07 bits per heavy atom. The van der Waals surface area contributed by atoms with Gasteiger partial charge in [-0.3, -0.25) is 0 Å². The highest BCUT2D eigenvalue weighted by Crippen LogP contribution is 2.23. The van der Waals surface area contributed by atoms with Crippen LogP contribution in [0.15, 0.2) is 12.1 Å². The summed E-state index contributed by atoms with van der Waals surface area (Å²) in [5.74, 6) is 0. The topological polar surface area (TPSA) is 46.2 Å². The van der Waals surface area contributed by atoms with Gasteiger partial charge in [-0.1, -0.05) is 12.1 Å². The molecule has 0 saturated heterocycles. The molecular formula is C12H19NO. The van der Waals surface area contributed by atoms with E-state index in [0.29, 0.717) is 0 Å². The summed E-state index contributed by atoms with van der Waals surface area (Å²) in [5.41, 5.74) is 10.2. The van der Waals surface area contributed by atoms with E-state index in [9.17, 15) is 5.11 Å². The normalized spacial score (nSPS) is 15.3. The molecule has 78 valence electrons. The minimum Gasteiger partial charge on any atom is -0.387 e. The van der Waals surface area contributed by atoms with Crippen LogP contribution in [0.1, 0.15) is 35.3 Å². The third-order valence-corrected chi connectivity index (χ3v) is 2.70. The first kappa shape index (κ1) is 11.2. The molecule has 0 unspecified atom stereocenters. The van der Waals surface area contributed by atoms with Crippen molar-refractivity contribution in [2.45, 2.75) is 39.8 Å². The Bertz CT molecular complexity index is 331. The van der Waals surface area contributed by atoms with E-state index in [2.05, 4.69) is 13.0 Å². The lowest BCUT2D eigenvalue weighted by molar-refractivity contribution is 0.152. The summed E-state index contributed by atoms with van der Waals surface area (Å²) in [7, 11) is 0. The van der Waals surface area contributed by atoms with Crippen molar-refractivity contribution in [1.29, 1.82) is 0 Å². The zero-order valence-corrected chi connectivity index (χ0v) is 9.33. The molecular weight excluding hydrogens is 174 g/mol. The van der Waals surface area contributed by atoms with E-state index in [0.717, 1.165) is 11.1 Å². The van der Waals surface area contributed by atoms with Gasteiger partial charge in [0.1, 0.15) is 0 Å². The lowest BCUT2D eigenvalue weighted by Gasteiger charge is -2.18. The standard InChI is InChI=1S/C12H19NO/c1-7-5-9(3)11(6-8(7)2)12(14)10(4)13/h5-6,10,12,14H,13H2,1-4H3/t10-,12-/m1/s1. The Morgan fingerprint density at radius 2 is 1.57 bits per heavy atom. The van der Waals surface area contributed by atoms with Crippen molar-refractivity contribution in [2.75, 3.05) is 0 Å². The van der Waals surface area contributed by atoms with Gasteiger partial charge in [0.15, 0.2) is 0 Å². The molecule has 0 heterocycles. The predicted molar refractivity (Wildman–Crippen MR) is 59.3 cm³/mol. The summed E-state index contributed by atoms with van der Waals surface area (Å²) in [4.78, 5) is 0. The summed E-state index contributed by atoms with van der Waals surface area (Å²) in [6.45, 7) is 7.95. The number of aryl methyl sites for hydroxylation is 3. The zero-order valence-electron chi connectivity index (χ0n) is 9.33. The van der Waals surface area contributed by atoms with Crippen LogP contribution >= 0.6 is 0 Å². The molecule has 0 aliphatic heterocycles. The molecule has 0 aliphatic carbocycles. The predicted octanol–water partition coefficient (Wildman–Crippen LogP) is 1.99. The van der Waals surface area contributed by atoms with Crippen molar-refractivity contribution in [2.24, 2.45) is 5.73 Å². The Kier molecular flexibility index (Phi) is 3.29. The number of aliphatic hydroxyl groups excluding tert-OH is 1. The molecule has 0 aliphatic rings. The summed E-state index contributed by atoms with van der Waals surface area (Å²) in [6, 6.07) is 3.89. The van der Waals surface area contributed by atoms with Crippen molar-refractivity contribution in [3.63, 3.8) is 0 Å². The Balaban J connectivity index is 3.15. The zero-order chi connectivity index (χ0) is 10.9. The lowest BCUT2D eigenvalue weighted by Crippen LogP contribution is -2.25. The van der Waals surface area contributed by atoms with Gasteiger partial charge in [-0.15, -0.1) is 0 Å². The molecule has 2 nitrogen and oxygen atoms in total. The van der Waals surface area contributed by atoms with Crippen LogP contribution in [-0.4, -0.2) is 11.1 Å². The van der Waals surface area contributed by atoms with Gasteiger partial charge in [-0.05, 0) is 49.9 Å². The Labute approximate surface area is 85.8 Å². The van der Waals surface area contributed by atoms with Crippen LogP contribution in [0.3, 0.4) is 0 Å². The third-order valence-electron chi connectivity index (χ3n) is 2.70. The van der Waals surface area contributed by atoms with Crippen LogP contribution in [0, 0.1) is 20.8 Å². The van der Waals surface area contributed by atoms with Gasteiger partial charge in [0.2, 0.25) is 0 Å². The maximum atomic E-state index is 9.87. The smallest absolute Gasteiger partial charge is 0.0940 e. The Morgan fingerprint density at radius 1 is 1.07 bits per heavy atom. The monoisotopic (exact) mass is 193 g/mol. The lowest BCUT2D eigenvalue weighted by atomic mass is 9.94. The molecule has 0 saturated carbocycles. The SMILES string of the molecule is Cc1cc(C)c([C@H](O)[C@@H](C)N)cc1C. The molecule has 1 aromatic rings. The molecule has 0 aromatic heterocycles. The van der Waals surface area contributed by atoms with E-state index in [-0.39, 0.29) is 6.04 Å². The van der Waals surface area contributed by atoms with Crippen molar-refractivity contribution >= 4 is 0 Å². The molecule has 0 radical (unpaired) electrons. The molecule has 14 heavy (non-hydrogen) atoms. The van der Waals surface area contributed by atoms with Crippen LogP contribution in [-0.2, 0) is 0 Å². The summed E-state index contributed by atoms with van der Waals surface area (Å²) < 4.78 is 0. The summed E-state index contributed by atoms with van der Waals surface area (Å²) >= 11 is 0. The second kappa shape index (κ2) is 4.11. The second-order valence-electron chi connectivity index (χ2n) is 4.10. The van der Waals surface area contributed by atoms with E-state index in [4.69, 9.17) is 5.73 Å². The number of nitrogens with two attached hydrogens (primary N) is 1. The largest absolute Gasteiger partial charge is 0.387 e. The molecule has 1 rings (SSSR count). The first-order valence-corrected chi connectivity index (χ1v) is 4.95. The summed E-state index contributed by atoms with van der Waals surface area (Å²) in [6.07, 6.45) is -0.561. The van der Waals surface area contributed by atoms with Crippen LogP contribution < -0.4 is 5.73 Å². The van der Waals surface area contributed by atoms with E-state index >= 15 is 0 Å². The van der Waals surface area contributed by atoms with Crippen molar-refractivity contribution in [3.05, 3.63) is 34.4 Å².